The highest BCUT2D eigenvalue weighted by Gasteiger charge is 2.40. The second-order valence-corrected chi connectivity index (χ2v) is 8.09. The number of morpholine rings is 1. The lowest BCUT2D eigenvalue weighted by Crippen LogP contribution is -2.55. The van der Waals surface area contributed by atoms with Crippen LogP contribution in [0.2, 0.25) is 0 Å². The third-order valence-corrected chi connectivity index (χ3v) is 5.50. The molecule has 2 aliphatic rings. The molecule has 2 fully saturated rings. The number of benzene rings is 1. The molecule has 31 heavy (non-hydrogen) atoms. The van der Waals surface area contributed by atoms with E-state index in [1.54, 1.807) is 0 Å². The molecule has 0 unspecified atom stereocenters. The third kappa shape index (κ3) is 6.57. The van der Waals surface area contributed by atoms with Crippen molar-refractivity contribution in [1.82, 2.24) is 15.7 Å². The average Bonchev–Trinajstić information content (AvgIpc) is 3.62. The molecule has 0 aromatic heterocycles. The molecule has 9 nitrogen and oxygen atoms in total. The van der Waals surface area contributed by atoms with Crippen LogP contribution in [0.5, 0.6) is 0 Å². The molecule has 1 amide bonds. The predicted octanol–water partition coefficient (Wildman–Crippen LogP) is 0.836. The Hall–Kier alpha value is -2.33. The lowest BCUT2D eigenvalue weighted by Gasteiger charge is -2.33. The summed E-state index contributed by atoms with van der Waals surface area (Å²) in [6.45, 7) is 6.67. The van der Waals surface area contributed by atoms with Gasteiger partial charge in [-0.2, -0.15) is 0 Å². The van der Waals surface area contributed by atoms with E-state index < -0.39 is 6.10 Å². The number of carbonyl (C=O) groups excluding carboxylic acids is 1. The Labute approximate surface area is 183 Å². The van der Waals surface area contributed by atoms with Gasteiger partial charge in [-0.3, -0.25) is 9.79 Å². The van der Waals surface area contributed by atoms with E-state index in [1.165, 1.54) is 0 Å². The van der Waals surface area contributed by atoms with Crippen molar-refractivity contribution in [3.8, 4) is 0 Å². The molecule has 5 N–H and O–H groups in total. The van der Waals surface area contributed by atoms with Crippen LogP contribution in [-0.4, -0.2) is 78.7 Å². The fourth-order valence-corrected chi connectivity index (χ4v) is 3.53. The zero-order valence-electron chi connectivity index (χ0n) is 18.4. The number of hydroxylamine groups is 1. The van der Waals surface area contributed by atoms with Gasteiger partial charge < -0.3 is 25.9 Å². The van der Waals surface area contributed by atoms with Crippen molar-refractivity contribution in [3.05, 3.63) is 35.4 Å². The zero-order chi connectivity index (χ0) is 22.2. The normalized spacial score (nSPS) is 21.1. The minimum atomic E-state index is -0.485. The fraction of sp³-hybridized carbons (Fsp3) is 0.591. The first-order valence-corrected chi connectivity index (χ1v) is 11.0. The predicted molar refractivity (Wildman–Crippen MR) is 121 cm³/mol. The van der Waals surface area contributed by atoms with Crippen LogP contribution in [0.3, 0.4) is 0 Å². The van der Waals surface area contributed by atoms with Crippen molar-refractivity contribution in [1.29, 1.82) is 0 Å². The van der Waals surface area contributed by atoms with E-state index >= 15 is 0 Å². The molecule has 1 saturated carbocycles. The van der Waals surface area contributed by atoms with Crippen molar-refractivity contribution < 1.29 is 14.7 Å². The molecule has 170 valence electrons. The summed E-state index contributed by atoms with van der Waals surface area (Å²) < 4.78 is 5.68. The molecule has 1 saturated heterocycles. The Morgan fingerprint density at radius 3 is 2.74 bits per heavy atom. The molecule has 0 spiro atoms. The minimum Gasteiger partial charge on any atom is -0.385 e. The quantitative estimate of drug-likeness (QED) is 0.199. The van der Waals surface area contributed by atoms with Gasteiger partial charge in [0.2, 0.25) is 0 Å². The summed E-state index contributed by atoms with van der Waals surface area (Å²) in [5.41, 5.74) is 10.6. The van der Waals surface area contributed by atoms with E-state index in [1.807, 2.05) is 43.0 Å². The van der Waals surface area contributed by atoms with Gasteiger partial charge >= 0.3 is 0 Å². The topological polar surface area (TPSA) is 125 Å². The Balaban J connectivity index is 1.80. The second-order valence-electron chi connectivity index (χ2n) is 8.09. The molecule has 1 aromatic rings. The number of amidine groups is 2. The first-order chi connectivity index (χ1) is 15.0. The molecule has 1 aliphatic heterocycles. The van der Waals surface area contributed by atoms with Gasteiger partial charge in [0.05, 0.1) is 12.6 Å². The summed E-state index contributed by atoms with van der Waals surface area (Å²) >= 11 is 0. The molecule has 1 aliphatic carbocycles. The Morgan fingerprint density at radius 2 is 2.13 bits per heavy atom. The monoisotopic (exact) mass is 430 g/mol. The first-order valence-electron chi connectivity index (χ1n) is 11.0. The maximum Gasteiger partial charge on any atom is 0.253 e. The van der Waals surface area contributed by atoms with Gasteiger partial charge in [-0.1, -0.05) is 29.8 Å². The van der Waals surface area contributed by atoms with E-state index in [2.05, 4.69) is 20.8 Å². The Bertz CT molecular complexity index is 785. The van der Waals surface area contributed by atoms with Gasteiger partial charge in [0.1, 0.15) is 11.9 Å². The van der Waals surface area contributed by atoms with E-state index in [-0.39, 0.29) is 18.0 Å². The smallest absolute Gasteiger partial charge is 0.253 e. The number of hydrogen-bond acceptors (Lipinski definition) is 6. The van der Waals surface area contributed by atoms with Crippen molar-refractivity contribution in [2.45, 2.75) is 51.3 Å². The number of ether oxygens (including phenoxy) is 1. The largest absolute Gasteiger partial charge is 0.385 e. The molecule has 1 heterocycles. The molecule has 0 bridgehead atoms. The first kappa shape index (κ1) is 23.3. The number of carbonyl (C=O) groups is 1. The van der Waals surface area contributed by atoms with Crippen LogP contribution < -0.4 is 16.5 Å². The van der Waals surface area contributed by atoms with Gasteiger partial charge in [-0.25, -0.2) is 10.5 Å². The number of aryl methyl sites for hydroxylation is 1. The molecule has 3 rings (SSSR count). The number of nitrogens with zero attached hydrogens (tertiary/aromatic N) is 3. The van der Waals surface area contributed by atoms with E-state index in [0.29, 0.717) is 44.3 Å². The van der Waals surface area contributed by atoms with Gasteiger partial charge in [0.15, 0.2) is 5.84 Å². The van der Waals surface area contributed by atoms with Gasteiger partial charge in [0, 0.05) is 37.8 Å². The summed E-state index contributed by atoms with van der Waals surface area (Å²) in [5.74, 6) is 0.841. The standard InChI is InChI=1S/C22H34N6O3/c1-15-4-6-17(7-5-15)21(25-10-3-11-26-30)27-20(23)16(2)28(18-8-9-18)22(29)19-14-24-12-13-31-19/h4-7,16,18-19,24,26,30H,3,8-14H2,1-2H3,(H2,23,25,27)/t16-,19-/m1/s1. The van der Waals surface area contributed by atoms with Crippen LogP contribution in [0.15, 0.2) is 34.3 Å². The van der Waals surface area contributed by atoms with Crippen LogP contribution in [-0.2, 0) is 9.53 Å². The van der Waals surface area contributed by atoms with Crippen LogP contribution in [0.25, 0.3) is 0 Å². The molecule has 0 radical (unpaired) electrons. The molecule has 9 heteroatoms. The van der Waals surface area contributed by atoms with Gasteiger partial charge in [-0.15, -0.1) is 0 Å². The molecular formula is C22H34N6O3. The van der Waals surface area contributed by atoms with Crippen LogP contribution >= 0.6 is 0 Å². The number of nitrogens with two attached hydrogens (primary N) is 1. The van der Waals surface area contributed by atoms with E-state index in [9.17, 15) is 4.79 Å². The number of amides is 1. The Kier molecular flexibility index (Phi) is 8.53. The van der Waals surface area contributed by atoms with E-state index in [4.69, 9.17) is 15.7 Å². The number of hydrogen-bond donors (Lipinski definition) is 4. The number of aliphatic imine (C=N–C) groups is 2. The van der Waals surface area contributed by atoms with Crippen LogP contribution in [0.1, 0.15) is 37.3 Å². The highest BCUT2D eigenvalue weighted by atomic mass is 16.5. The fourth-order valence-electron chi connectivity index (χ4n) is 3.53. The van der Waals surface area contributed by atoms with Crippen LogP contribution in [0, 0.1) is 6.92 Å². The maximum atomic E-state index is 13.2. The molecular weight excluding hydrogens is 396 g/mol. The van der Waals surface area contributed by atoms with Gasteiger partial charge in [0.25, 0.3) is 5.91 Å². The van der Waals surface area contributed by atoms with Crippen molar-refractivity contribution in [3.63, 3.8) is 0 Å². The summed E-state index contributed by atoms with van der Waals surface area (Å²) in [4.78, 5) is 24.2. The van der Waals surface area contributed by atoms with Crippen molar-refractivity contribution in [2.24, 2.45) is 15.7 Å². The Morgan fingerprint density at radius 1 is 1.39 bits per heavy atom. The van der Waals surface area contributed by atoms with E-state index in [0.717, 1.165) is 30.5 Å². The zero-order valence-corrected chi connectivity index (χ0v) is 18.4. The molecule has 1 aromatic carbocycles. The highest BCUT2D eigenvalue weighted by Crippen LogP contribution is 2.30. The SMILES string of the molecule is Cc1ccc(C(=NCCCNO)N=C(N)[C@@H](C)N(C(=O)[C@H]2CNCCO2)C2CC2)cc1. The maximum absolute atomic E-state index is 13.2. The summed E-state index contributed by atoms with van der Waals surface area (Å²) in [6.07, 6.45) is 2.11. The minimum absolute atomic E-state index is 0.0387. The highest BCUT2D eigenvalue weighted by molar-refractivity contribution is 6.07. The second kappa shape index (κ2) is 11.3. The van der Waals surface area contributed by atoms with Crippen molar-refractivity contribution >= 4 is 17.6 Å². The van der Waals surface area contributed by atoms with Gasteiger partial charge in [-0.05, 0) is 33.1 Å². The lowest BCUT2D eigenvalue weighted by molar-refractivity contribution is -0.146. The molecule has 2 atom stereocenters. The average molecular weight is 431 g/mol. The van der Waals surface area contributed by atoms with Crippen LogP contribution in [0.4, 0.5) is 0 Å². The number of nitrogens with one attached hydrogen (secondary N) is 2. The summed E-state index contributed by atoms with van der Waals surface area (Å²) in [5, 5.41) is 12.0. The van der Waals surface area contributed by atoms with Crippen molar-refractivity contribution in [2.75, 3.05) is 32.8 Å². The summed E-state index contributed by atoms with van der Waals surface area (Å²) in [6, 6.07) is 7.75. The summed E-state index contributed by atoms with van der Waals surface area (Å²) in [7, 11) is 0. The number of rotatable bonds is 9. The third-order valence-electron chi connectivity index (χ3n) is 5.50. The lowest BCUT2D eigenvalue weighted by atomic mass is 10.1.